The van der Waals surface area contributed by atoms with Crippen LogP contribution >= 0.6 is 0 Å². The molecule has 0 saturated heterocycles. The zero-order chi connectivity index (χ0) is 8.97. The fourth-order valence-corrected chi connectivity index (χ4v) is 1.32. The molecule has 4 heteroatoms. The molecule has 0 amide bonds. The molecule has 3 N–H and O–H groups in total. The van der Waals surface area contributed by atoms with Crippen LogP contribution in [0.4, 0.5) is 0 Å². The van der Waals surface area contributed by atoms with E-state index in [-0.39, 0.29) is 5.84 Å². The molecule has 0 atom stereocenters. The first-order valence-electron chi connectivity index (χ1n) is 3.65. The van der Waals surface area contributed by atoms with E-state index in [0.717, 1.165) is 17.3 Å². The van der Waals surface area contributed by atoms with Gasteiger partial charge >= 0.3 is 80.4 Å². The number of amidine groups is 1. The van der Waals surface area contributed by atoms with Gasteiger partial charge in [0.1, 0.15) is 0 Å². The third kappa shape index (κ3) is 2.78. The van der Waals surface area contributed by atoms with Crippen molar-refractivity contribution >= 4 is 10.1 Å². The Morgan fingerprint density at radius 1 is 1.67 bits per heavy atom. The maximum atomic E-state index is 8.70. The molecule has 63 valence electrons. The molecule has 1 aliphatic heterocycles. The molecule has 0 fully saturated rings. The van der Waals surface area contributed by atoms with Crippen LogP contribution in [0.15, 0.2) is 23.8 Å². The Balaban J connectivity index is 2.53. The predicted molar refractivity (Wildman–Crippen MR) is 47.7 cm³/mol. The van der Waals surface area contributed by atoms with E-state index in [1.807, 2.05) is 0 Å². The first kappa shape index (κ1) is 9.45. The third-order valence-corrected chi connectivity index (χ3v) is 2.23. The first-order valence-corrected chi connectivity index (χ1v) is 4.35. The average Bonchev–Trinajstić information content (AvgIpc) is 2.51. The Kier molecular flexibility index (Phi) is 3.47. The zero-order valence-corrected chi connectivity index (χ0v) is 8.01. The van der Waals surface area contributed by atoms with Crippen LogP contribution in [0.3, 0.4) is 0 Å². The molecule has 0 bridgehead atoms. The molecule has 0 aromatic rings. The van der Waals surface area contributed by atoms with Gasteiger partial charge in [-0.1, -0.05) is 0 Å². The Morgan fingerprint density at radius 3 is 2.92 bits per heavy atom. The average molecular weight is 199 g/mol. The predicted octanol–water partition coefficient (Wildman–Crippen LogP) is -0.282. The molecule has 0 unspecified atom stereocenters. The van der Waals surface area contributed by atoms with Gasteiger partial charge in [-0.3, -0.25) is 0 Å². The molecule has 0 aliphatic carbocycles. The summed E-state index contributed by atoms with van der Waals surface area (Å²) in [5.41, 5.74) is 6.31. The minimum absolute atomic E-state index is 0.162. The molecule has 0 radical (unpaired) electrons. The van der Waals surface area contributed by atoms with Crippen LogP contribution in [0.25, 0.3) is 5.41 Å². The van der Waals surface area contributed by atoms with Crippen molar-refractivity contribution in [3.05, 3.63) is 29.2 Å². The van der Waals surface area contributed by atoms with Gasteiger partial charge < -0.3 is 0 Å². The topological polar surface area (TPSA) is 60.4 Å². The SMILES string of the molecule is [N-]=C(N)/C=C\[C](=[V])C1=CCNC1. The van der Waals surface area contributed by atoms with Crippen LogP contribution in [0.5, 0.6) is 0 Å². The summed E-state index contributed by atoms with van der Waals surface area (Å²) in [7, 11) is 0. The van der Waals surface area contributed by atoms with Crippen LogP contribution in [0.1, 0.15) is 0 Å². The van der Waals surface area contributed by atoms with Crippen molar-refractivity contribution in [3.63, 3.8) is 0 Å². The van der Waals surface area contributed by atoms with Gasteiger partial charge in [0, 0.05) is 0 Å². The molecule has 1 heterocycles. The Morgan fingerprint density at radius 2 is 2.42 bits per heavy atom. The summed E-state index contributed by atoms with van der Waals surface area (Å²) >= 11 is 2.46. The monoisotopic (exact) mass is 199 g/mol. The van der Waals surface area contributed by atoms with Gasteiger partial charge in [0.25, 0.3) is 0 Å². The summed E-state index contributed by atoms with van der Waals surface area (Å²) in [5, 5.41) is 11.9. The van der Waals surface area contributed by atoms with Gasteiger partial charge in [0.2, 0.25) is 0 Å². The standard InChI is InChI=1S/C8H10N3.V/c9-8(10)3-1-2-7-4-5-11-6-7;/h1,3-4,11H,5-6H2,(H2-,9,10);/q-1;/b3-1-;. The molecular formula is C8H10N3V-. The van der Waals surface area contributed by atoms with Crippen molar-refractivity contribution in [2.75, 3.05) is 13.1 Å². The molecular weight excluding hydrogens is 189 g/mol. The van der Waals surface area contributed by atoms with Crippen molar-refractivity contribution < 1.29 is 17.0 Å². The van der Waals surface area contributed by atoms with E-state index >= 15 is 0 Å². The number of allylic oxidation sites excluding steroid dienone is 1. The molecule has 0 aromatic heterocycles. The molecule has 1 rings (SSSR count). The second-order valence-electron chi connectivity index (χ2n) is 2.50. The van der Waals surface area contributed by atoms with E-state index in [2.05, 4.69) is 28.4 Å². The van der Waals surface area contributed by atoms with Crippen molar-refractivity contribution in [1.82, 2.24) is 5.32 Å². The summed E-state index contributed by atoms with van der Waals surface area (Å²) in [5.74, 6) is -0.162. The number of hydrogen-bond acceptors (Lipinski definition) is 1. The van der Waals surface area contributed by atoms with Gasteiger partial charge in [0.15, 0.2) is 0 Å². The summed E-state index contributed by atoms with van der Waals surface area (Å²) in [6.45, 7) is 1.81. The molecule has 12 heavy (non-hydrogen) atoms. The van der Waals surface area contributed by atoms with Crippen LogP contribution in [0.2, 0.25) is 0 Å². The number of hydrogen-bond donors (Lipinski definition) is 2. The fourth-order valence-electron chi connectivity index (χ4n) is 0.941. The summed E-state index contributed by atoms with van der Waals surface area (Å²) in [6, 6.07) is 0. The fraction of sp³-hybridized carbons (Fsp3) is 0.250. The first-order chi connectivity index (χ1) is 5.70. The molecule has 0 saturated carbocycles. The van der Waals surface area contributed by atoms with Crippen molar-refractivity contribution in [3.8, 4) is 0 Å². The van der Waals surface area contributed by atoms with E-state index in [0.29, 0.717) is 0 Å². The number of nitrogens with one attached hydrogen (secondary N) is 1. The van der Waals surface area contributed by atoms with Crippen LogP contribution in [-0.2, 0) is 17.0 Å². The van der Waals surface area contributed by atoms with E-state index in [1.165, 1.54) is 11.6 Å². The second-order valence-corrected chi connectivity index (χ2v) is 3.26. The molecule has 3 nitrogen and oxygen atoms in total. The number of nitrogens with zero attached hydrogens (tertiary/aromatic N) is 1. The Hall–Kier alpha value is -0.636. The van der Waals surface area contributed by atoms with Gasteiger partial charge in [-0.15, -0.1) is 0 Å². The van der Waals surface area contributed by atoms with E-state index in [1.54, 1.807) is 6.08 Å². The van der Waals surface area contributed by atoms with Crippen LogP contribution in [0, 0.1) is 0 Å². The molecule has 0 aromatic carbocycles. The minimum atomic E-state index is -0.162. The van der Waals surface area contributed by atoms with Crippen LogP contribution < -0.4 is 11.1 Å². The van der Waals surface area contributed by atoms with Gasteiger partial charge in [-0.2, -0.15) is 0 Å². The van der Waals surface area contributed by atoms with Crippen LogP contribution in [-0.4, -0.2) is 23.2 Å². The van der Waals surface area contributed by atoms with E-state index < -0.39 is 0 Å². The maximum absolute atomic E-state index is 8.70. The van der Waals surface area contributed by atoms with Crippen molar-refractivity contribution in [1.29, 1.82) is 0 Å². The normalized spacial score (nSPS) is 16.4. The Labute approximate surface area is 80.7 Å². The van der Waals surface area contributed by atoms with Crippen molar-refractivity contribution in [2.24, 2.45) is 5.73 Å². The number of nitrogens with two attached hydrogens (primary N) is 1. The second kappa shape index (κ2) is 4.40. The quantitative estimate of drug-likeness (QED) is 0.485. The van der Waals surface area contributed by atoms with E-state index in [4.69, 9.17) is 11.1 Å². The zero-order valence-electron chi connectivity index (χ0n) is 6.62. The summed E-state index contributed by atoms with van der Waals surface area (Å²) < 4.78 is 1.07. The van der Waals surface area contributed by atoms with Gasteiger partial charge in [0.05, 0.1) is 0 Å². The molecule has 0 spiro atoms. The Bertz CT molecular complexity index is 265. The van der Waals surface area contributed by atoms with Gasteiger partial charge in [-0.05, 0) is 0 Å². The molecule has 1 aliphatic rings. The van der Waals surface area contributed by atoms with Crippen molar-refractivity contribution in [2.45, 2.75) is 0 Å². The third-order valence-electron chi connectivity index (χ3n) is 1.55. The number of rotatable bonds is 3. The van der Waals surface area contributed by atoms with Gasteiger partial charge in [-0.25, -0.2) is 0 Å². The summed E-state index contributed by atoms with van der Waals surface area (Å²) in [6.07, 6.45) is 5.38. The van der Waals surface area contributed by atoms with E-state index in [9.17, 15) is 0 Å². The summed E-state index contributed by atoms with van der Waals surface area (Å²) in [4.78, 5) is 0.